The smallest absolute Gasteiger partial charge is 0.104 e. The number of hydrogen-bond acceptors (Lipinski definition) is 2. The molecule has 0 radical (unpaired) electrons. The molecule has 0 heterocycles. The van der Waals surface area contributed by atoms with E-state index in [-0.39, 0.29) is 0 Å². The lowest BCUT2D eigenvalue weighted by Gasteiger charge is -1.98. The summed E-state index contributed by atoms with van der Waals surface area (Å²) in [4.78, 5) is 3.02. The Hall–Kier alpha value is -1.84. The molecule has 0 saturated carbocycles. The molecule has 15 heavy (non-hydrogen) atoms. The first-order valence-electron chi connectivity index (χ1n) is 4.31. The maximum atomic E-state index is 8.07. The molecule has 0 unspecified atom stereocenters. The van der Waals surface area contributed by atoms with Gasteiger partial charge in [-0.2, -0.15) is 0 Å². The van der Waals surface area contributed by atoms with Gasteiger partial charge in [-0.25, -0.2) is 0 Å². The van der Waals surface area contributed by atoms with Crippen LogP contribution in [-0.2, 0) is 0 Å². The maximum Gasteiger partial charge on any atom is 0.104 e. The van der Waals surface area contributed by atoms with E-state index in [4.69, 9.17) is 23.5 Å². The normalized spacial score (nSPS) is 9.87. The summed E-state index contributed by atoms with van der Waals surface area (Å²) in [5.74, 6) is 0. The monoisotopic (exact) mass is 218 g/mol. The van der Waals surface area contributed by atoms with E-state index in [2.05, 4.69) is 10.0 Å². The number of nitrogens with two attached hydrogens (primary N) is 1. The standard InChI is InChI=1S/C10H10N4S/c11-10(15)9-5-1-3-8(7-9)4-2-6-13-14-12/h1-5,7H,6H2,(H2,11,15). The van der Waals surface area contributed by atoms with Crippen LogP contribution in [0.3, 0.4) is 0 Å². The summed E-state index contributed by atoms with van der Waals surface area (Å²) in [7, 11) is 0. The summed E-state index contributed by atoms with van der Waals surface area (Å²) in [6, 6.07) is 7.54. The first-order valence-corrected chi connectivity index (χ1v) is 4.72. The van der Waals surface area contributed by atoms with E-state index < -0.39 is 0 Å². The van der Waals surface area contributed by atoms with Gasteiger partial charge in [-0.1, -0.05) is 47.7 Å². The average molecular weight is 218 g/mol. The Morgan fingerprint density at radius 2 is 2.40 bits per heavy atom. The summed E-state index contributed by atoms with van der Waals surface area (Å²) >= 11 is 4.86. The minimum Gasteiger partial charge on any atom is -0.389 e. The quantitative estimate of drug-likeness (QED) is 0.365. The minimum absolute atomic E-state index is 0.341. The third-order valence-corrected chi connectivity index (χ3v) is 1.97. The van der Waals surface area contributed by atoms with Crippen LogP contribution in [0, 0.1) is 0 Å². The molecule has 0 fully saturated rings. The van der Waals surface area contributed by atoms with E-state index in [0.29, 0.717) is 11.5 Å². The van der Waals surface area contributed by atoms with Crippen molar-refractivity contribution in [3.8, 4) is 0 Å². The molecular formula is C10H10N4S. The van der Waals surface area contributed by atoms with Gasteiger partial charge in [-0.05, 0) is 17.2 Å². The molecule has 2 N–H and O–H groups in total. The number of rotatable bonds is 4. The minimum atomic E-state index is 0.341. The molecule has 0 atom stereocenters. The predicted molar refractivity (Wildman–Crippen MR) is 65.4 cm³/mol. The van der Waals surface area contributed by atoms with E-state index in [1.54, 1.807) is 6.08 Å². The molecule has 0 aromatic heterocycles. The summed E-state index contributed by atoms with van der Waals surface area (Å²) in [6.07, 6.45) is 3.63. The average Bonchev–Trinajstić information content (AvgIpc) is 2.25. The molecule has 4 nitrogen and oxygen atoms in total. The highest BCUT2D eigenvalue weighted by molar-refractivity contribution is 7.80. The van der Waals surface area contributed by atoms with Crippen molar-refractivity contribution in [2.75, 3.05) is 6.54 Å². The number of azide groups is 1. The third kappa shape index (κ3) is 3.81. The van der Waals surface area contributed by atoms with Gasteiger partial charge in [0.1, 0.15) is 4.99 Å². The Morgan fingerprint density at radius 3 is 3.07 bits per heavy atom. The lowest BCUT2D eigenvalue weighted by molar-refractivity contribution is 1.22. The second kappa shape index (κ2) is 5.80. The van der Waals surface area contributed by atoms with Crippen LogP contribution in [0.4, 0.5) is 0 Å². The van der Waals surface area contributed by atoms with Gasteiger partial charge in [0, 0.05) is 17.0 Å². The van der Waals surface area contributed by atoms with E-state index >= 15 is 0 Å². The second-order valence-electron chi connectivity index (χ2n) is 2.81. The Morgan fingerprint density at radius 1 is 1.60 bits per heavy atom. The summed E-state index contributed by atoms with van der Waals surface area (Å²) < 4.78 is 0. The molecule has 1 aromatic carbocycles. The molecule has 1 rings (SSSR count). The van der Waals surface area contributed by atoms with Crippen LogP contribution in [0.5, 0.6) is 0 Å². The fourth-order valence-electron chi connectivity index (χ4n) is 1.07. The molecule has 5 heteroatoms. The van der Waals surface area contributed by atoms with Crippen molar-refractivity contribution in [1.82, 2.24) is 0 Å². The molecule has 0 spiro atoms. The predicted octanol–water partition coefficient (Wildman–Crippen LogP) is 2.64. The van der Waals surface area contributed by atoms with Crippen LogP contribution in [-0.4, -0.2) is 11.5 Å². The van der Waals surface area contributed by atoms with Gasteiger partial charge in [0.25, 0.3) is 0 Å². The second-order valence-corrected chi connectivity index (χ2v) is 3.25. The van der Waals surface area contributed by atoms with Crippen molar-refractivity contribution in [2.24, 2.45) is 10.8 Å². The van der Waals surface area contributed by atoms with Gasteiger partial charge >= 0.3 is 0 Å². The van der Waals surface area contributed by atoms with Gasteiger partial charge in [-0.3, -0.25) is 0 Å². The van der Waals surface area contributed by atoms with Crippen molar-refractivity contribution in [3.05, 3.63) is 51.9 Å². The van der Waals surface area contributed by atoms with E-state index in [0.717, 1.165) is 11.1 Å². The van der Waals surface area contributed by atoms with Crippen molar-refractivity contribution in [3.63, 3.8) is 0 Å². The maximum absolute atomic E-state index is 8.07. The topological polar surface area (TPSA) is 74.8 Å². The zero-order chi connectivity index (χ0) is 11.1. The molecule has 76 valence electrons. The highest BCUT2D eigenvalue weighted by Crippen LogP contribution is 2.06. The summed E-state index contributed by atoms with van der Waals surface area (Å²) in [6.45, 7) is 0.341. The number of hydrogen-bond donors (Lipinski definition) is 1. The summed E-state index contributed by atoms with van der Waals surface area (Å²) in [5.41, 5.74) is 15.4. The van der Waals surface area contributed by atoms with Crippen LogP contribution < -0.4 is 5.73 Å². The van der Waals surface area contributed by atoms with Crippen molar-refractivity contribution in [1.29, 1.82) is 0 Å². The number of benzene rings is 1. The number of thiocarbonyl (C=S) groups is 1. The van der Waals surface area contributed by atoms with Crippen molar-refractivity contribution in [2.45, 2.75) is 0 Å². The molecule has 0 amide bonds. The summed E-state index contributed by atoms with van der Waals surface area (Å²) in [5, 5.41) is 3.39. The highest BCUT2D eigenvalue weighted by Gasteiger charge is 1.94. The Labute approximate surface area is 93.0 Å². The van der Waals surface area contributed by atoms with Gasteiger partial charge in [-0.15, -0.1) is 0 Å². The van der Waals surface area contributed by atoms with E-state index in [1.165, 1.54) is 0 Å². The van der Waals surface area contributed by atoms with Crippen molar-refractivity contribution < 1.29 is 0 Å². The van der Waals surface area contributed by atoms with Gasteiger partial charge in [0.2, 0.25) is 0 Å². The molecule has 0 aliphatic heterocycles. The largest absolute Gasteiger partial charge is 0.389 e. The highest BCUT2D eigenvalue weighted by atomic mass is 32.1. The van der Waals surface area contributed by atoms with E-state index in [9.17, 15) is 0 Å². The Kier molecular flexibility index (Phi) is 4.34. The molecular weight excluding hydrogens is 208 g/mol. The zero-order valence-electron chi connectivity index (χ0n) is 8.00. The SMILES string of the molecule is [N-]=[N+]=NCC=Cc1cccc(C(N)=S)c1. The van der Waals surface area contributed by atoms with Gasteiger partial charge in [0.15, 0.2) is 0 Å². The lowest BCUT2D eigenvalue weighted by atomic mass is 10.1. The Balaban J connectivity index is 2.77. The number of nitrogens with zero attached hydrogens (tertiary/aromatic N) is 3. The lowest BCUT2D eigenvalue weighted by Crippen LogP contribution is -2.08. The first-order chi connectivity index (χ1) is 7.24. The molecule has 0 aliphatic rings. The van der Waals surface area contributed by atoms with Gasteiger partial charge in [0.05, 0.1) is 0 Å². The van der Waals surface area contributed by atoms with Crippen LogP contribution in [0.15, 0.2) is 35.5 Å². The zero-order valence-corrected chi connectivity index (χ0v) is 8.81. The van der Waals surface area contributed by atoms with E-state index in [1.807, 2.05) is 30.3 Å². The van der Waals surface area contributed by atoms with Gasteiger partial charge < -0.3 is 5.73 Å². The van der Waals surface area contributed by atoms with Crippen molar-refractivity contribution >= 4 is 23.3 Å². The fraction of sp³-hybridized carbons (Fsp3) is 0.100. The third-order valence-electron chi connectivity index (χ3n) is 1.73. The molecule has 0 aliphatic carbocycles. The first kappa shape index (κ1) is 11.2. The molecule has 0 saturated heterocycles. The van der Waals surface area contributed by atoms with Crippen LogP contribution >= 0.6 is 12.2 Å². The van der Waals surface area contributed by atoms with Crippen LogP contribution in [0.2, 0.25) is 0 Å². The fourth-order valence-corrected chi connectivity index (χ4v) is 1.20. The molecule has 0 bridgehead atoms. The van der Waals surface area contributed by atoms with Crippen LogP contribution in [0.1, 0.15) is 11.1 Å². The Bertz CT molecular complexity index is 433. The van der Waals surface area contributed by atoms with Crippen LogP contribution in [0.25, 0.3) is 16.5 Å². The molecule has 1 aromatic rings.